The molecule has 2 aromatic rings. The Bertz CT molecular complexity index is 927. The second-order valence-electron chi connectivity index (χ2n) is 6.60. The van der Waals surface area contributed by atoms with E-state index in [4.69, 9.17) is 10.5 Å². The van der Waals surface area contributed by atoms with Crippen molar-refractivity contribution in [1.82, 2.24) is 4.57 Å². The van der Waals surface area contributed by atoms with E-state index in [0.29, 0.717) is 23.4 Å². The molecule has 0 aliphatic carbocycles. The fraction of sp³-hybridized carbons (Fsp3) is 0.476. The summed E-state index contributed by atoms with van der Waals surface area (Å²) in [5.41, 5.74) is 9.29. The Morgan fingerprint density at radius 3 is 2.36 bits per heavy atom. The van der Waals surface area contributed by atoms with Crippen molar-refractivity contribution in [2.75, 3.05) is 13.7 Å². The molecule has 1 aromatic heterocycles. The molecule has 152 valence electrons. The van der Waals surface area contributed by atoms with Crippen molar-refractivity contribution in [2.24, 2.45) is 5.73 Å². The fourth-order valence-electron chi connectivity index (χ4n) is 3.71. The molecule has 1 amide bonds. The van der Waals surface area contributed by atoms with Gasteiger partial charge in [0.1, 0.15) is 5.75 Å². The van der Waals surface area contributed by atoms with Gasteiger partial charge in [-0.2, -0.15) is 0 Å². The Balaban J connectivity index is 2.93. The maximum absolute atomic E-state index is 12.6. The molecule has 28 heavy (non-hydrogen) atoms. The number of carbonyl (C=O) groups is 3. The van der Waals surface area contributed by atoms with Gasteiger partial charge in [-0.3, -0.25) is 9.59 Å². The Labute approximate surface area is 164 Å². The minimum absolute atomic E-state index is 0.240. The van der Waals surface area contributed by atoms with Crippen LogP contribution in [-0.4, -0.2) is 35.9 Å². The number of methoxy groups -OCH3 is 1. The number of hydrogen-bond donors (Lipinski definition) is 1. The number of aryl methyl sites for hydroxylation is 3. The average molecular weight is 388 g/mol. The van der Waals surface area contributed by atoms with Crippen LogP contribution in [0.2, 0.25) is 0 Å². The maximum Gasteiger partial charge on any atom is 0.343 e. The first-order valence-electron chi connectivity index (χ1n) is 9.53. The second-order valence-corrected chi connectivity index (χ2v) is 6.60. The summed E-state index contributed by atoms with van der Waals surface area (Å²) in [4.78, 5) is 35.9. The van der Waals surface area contributed by atoms with Crippen LogP contribution in [0.1, 0.15) is 54.4 Å². The number of ether oxygens (including phenoxy) is 2. The van der Waals surface area contributed by atoms with Crippen molar-refractivity contribution in [3.63, 3.8) is 0 Å². The molecular weight excluding hydrogens is 360 g/mol. The van der Waals surface area contributed by atoms with E-state index in [1.54, 1.807) is 6.92 Å². The van der Waals surface area contributed by atoms with Gasteiger partial charge in [-0.1, -0.05) is 20.3 Å². The Hall–Kier alpha value is -2.83. The molecule has 0 aliphatic heterocycles. The van der Waals surface area contributed by atoms with Crippen LogP contribution in [0.3, 0.4) is 0 Å². The maximum atomic E-state index is 12.6. The topological polar surface area (TPSA) is 101 Å². The number of benzene rings is 1. The highest BCUT2D eigenvalue weighted by Gasteiger charge is 2.28. The van der Waals surface area contributed by atoms with E-state index in [2.05, 4.69) is 11.7 Å². The molecule has 1 aromatic carbocycles. The number of nitrogens with zero attached hydrogens (tertiary/aromatic N) is 1. The van der Waals surface area contributed by atoms with Crippen LogP contribution in [0.25, 0.3) is 10.9 Å². The number of nitrogens with two attached hydrogens (primary N) is 1. The zero-order valence-corrected chi connectivity index (χ0v) is 17.2. The van der Waals surface area contributed by atoms with E-state index in [0.717, 1.165) is 35.9 Å². The minimum atomic E-state index is -1.02. The third kappa shape index (κ3) is 3.74. The SMILES string of the molecule is CCCc1c(CC)cc(OCC(=O)OC)c2c(C(=O)C(N)=O)c(C)n(CC)c12. The van der Waals surface area contributed by atoms with Crippen LogP contribution in [0.15, 0.2) is 6.07 Å². The molecule has 0 fully saturated rings. The number of ketones is 1. The molecular formula is C21H28N2O5. The lowest BCUT2D eigenvalue weighted by molar-refractivity contribution is -0.142. The lowest BCUT2D eigenvalue weighted by Gasteiger charge is -2.16. The molecule has 2 rings (SSSR count). The van der Waals surface area contributed by atoms with E-state index >= 15 is 0 Å². The van der Waals surface area contributed by atoms with E-state index in [1.165, 1.54) is 7.11 Å². The monoisotopic (exact) mass is 388 g/mol. The highest BCUT2D eigenvalue weighted by atomic mass is 16.6. The van der Waals surface area contributed by atoms with E-state index < -0.39 is 17.7 Å². The standard InChI is InChI=1S/C21H28N2O5/c1-6-9-14-13(7-2)10-15(28-11-16(24)27-5)18-17(20(25)21(22)26)12(4)23(8-3)19(14)18/h10H,6-9,11H2,1-5H3,(H2,22,26). The summed E-state index contributed by atoms with van der Waals surface area (Å²) in [6.07, 6.45) is 2.52. The predicted molar refractivity (Wildman–Crippen MR) is 107 cm³/mol. The van der Waals surface area contributed by atoms with Crippen molar-refractivity contribution in [1.29, 1.82) is 0 Å². The zero-order valence-electron chi connectivity index (χ0n) is 17.2. The third-order valence-corrected chi connectivity index (χ3v) is 4.97. The summed E-state index contributed by atoms with van der Waals surface area (Å²) in [5.74, 6) is -1.92. The van der Waals surface area contributed by atoms with Crippen LogP contribution in [0.4, 0.5) is 0 Å². The molecule has 7 nitrogen and oxygen atoms in total. The van der Waals surface area contributed by atoms with Crippen molar-refractivity contribution < 1.29 is 23.9 Å². The molecule has 0 saturated carbocycles. The number of fused-ring (bicyclic) bond motifs is 1. The summed E-state index contributed by atoms with van der Waals surface area (Å²) >= 11 is 0. The van der Waals surface area contributed by atoms with Gasteiger partial charge in [-0.25, -0.2) is 4.79 Å². The number of hydrogen-bond acceptors (Lipinski definition) is 5. The largest absolute Gasteiger partial charge is 0.481 e. The van der Waals surface area contributed by atoms with E-state index in [-0.39, 0.29) is 12.2 Å². The summed E-state index contributed by atoms with van der Waals surface area (Å²) in [7, 11) is 1.28. The number of amides is 1. The van der Waals surface area contributed by atoms with Gasteiger partial charge < -0.3 is 19.8 Å². The Morgan fingerprint density at radius 1 is 1.18 bits per heavy atom. The number of esters is 1. The molecule has 0 atom stereocenters. The first kappa shape index (κ1) is 21.5. The van der Waals surface area contributed by atoms with Gasteiger partial charge in [-0.05, 0) is 43.9 Å². The average Bonchev–Trinajstić information content (AvgIpc) is 2.98. The molecule has 7 heteroatoms. The first-order chi connectivity index (χ1) is 13.3. The quantitative estimate of drug-likeness (QED) is 0.404. The molecule has 2 N–H and O–H groups in total. The van der Waals surface area contributed by atoms with Crippen molar-refractivity contribution in [3.8, 4) is 5.75 Å². The summed E-state index contributed by atoms with van der Waals surface area (Å²) in [6.45, 7) is 8.25. The van der Waals surface area contributed by atoms with Gasteiger partial charge in [0.25, 0.3) is 11.7 Å². The van der Waals surface area contributed by atoms with Crippen LogP contribution < -0.4 is 10.5 Å². The van der Waals surface area contributed by atoms with Gasteiger partial charge in [0.2, 0.25) is 0 Å². The predicted octanol–water partition coefficient (Wildman–Crippen LogP) is 2.70. The molecule has 0 aliphatic rings. The highest BCUT2D eigenvalue weighted by molar-refractivity contribution is 6.45. The smallest absolute Gasteiger partial charge is 0.343 e. The van der Waals surface area contributed by atoms with Crippen molar-refractivity contribution in [3.05, 3.63) is 28.5 Å². The minimum Gasteiger partial charge on any atom is -0.481 e. The number of aromatic nitrogens is 1. The fourth-order valence-corrected chi connectivity index (χ4v) is 3.71. The molecule has 0 unspecified atom stereocenters. The zero-order chi connectivity index (χ0) is 21.0. The van der Waals surface area contributed by atoms with Crippen LogP contribution in [-0.2, 0) is 33.7 Å². The Kier molecular flexibility index (Phi) is 6.83. The van der Waals surface area contributed by atoms with Gasteiger partial charge in [-0.15, -0.1) is 0 Å². The number of carbonyl (C=O) groups excluding carboxylic acids is 3. The van der Waals surface area contributed by atoms with E-state index in [1.807, 2.05) is 24.5 Å². The molecule has 0 radical (unpaired) electrons. The van der Waals surface area contributed by atoms with Crippen molar-refractivity contribution >= 4 is 28.6 Å². The van der Waals surface area contributed by atoms with Crippen LogP contribution in [0.5, 0.6) is 5.75 Å². The normalized spacial score (nSPS) is 10.9. The first-order valence-corrected chi connectivity index (χ1v) is 9.53. The van der Waals surface area contributed by atoms with Gasteiger partial charge in [0.15, 0.2) is 6.61 Å². The lowest BCUT2D eigenvalue weighted by Crippen LogP contribution is -2.24. The molecule has 0 saturated heterocycles. The number of primary amides is 1. The lowest BCUT2D eigenvalue weighted by atomic mass is 9.95. The molecule has 0 bridgehead atoms. The molecule has 0 spiro atoms. The Morgan fingerprint density at radius 2 is 1.86 bits per heavy atom. The van der Waals surface area contributed by atoms with Gasteiger partial charge >= 0.3 is 5.97 Å². The number of Topliss-reactive ketones (excluding diaryl/α,β-unsaturated/α-hetero) is 1. The third-order valence-electron chi connectivity index (χ3n) is 4.97. The van der Waals surface area contributed by atoms with Crippen LogP contribution in [0, 0.1) is 6.92 Å². The van der Waals surface area contributed by atoms with Gasteiger partial charge in [0.05, 0.1) is 23.6 Å². The van der Waals surface area contributed by atoms with E-state index in [9.17, 15) is 14.4 Å². The second kappa shape index (κ2) is 8.91. The molecule has 1 heterocycles. The highest BCUT2D eigenvalue weighted by Crippen LogP contribution is 2.39. The summed E-state index contributed by atoms with van der Waals surface area (Å²) < 4.78 is 12.4. The summed E-state index contributed by atoms with van der Waals surface area (Å²) in [6, 6.07) is 1.85. The van der Waals surface area contributed by atoms with Crippen LogP contribution >= 0.6 is 0 Å². The van der Waals surface area contributed by atoms with Gasteiger partial charge in [0, 0.05) is 12.2 Å². The summed E-state index contributed by atoms with van der Waals surface area (Å²) in [5, 5.41) is 0.535. The number of rotatable bonds is 9. The van der Waals surface area contributed by atoms with Crippen molar-refractivity contribution in [2.45, 2.75) is 53.5 Å².